The van der Waals surface area contributed by atoms with Crippen LogP contribution in [0.4, 0.5) is 0 Å². The fourth-order valence-corrected chi connectivity index (χ4v) is 2.81. The summed E-state index contributed by atoms with van der Waals surface area (Å²) < 4.78 is 0. The second-order valence-corrected chi connectivity index (χ2v) is 6.62. The van der Waals surface area contributed by atoms with E-state index < -0.39 is 0 Å². The first-order valence-corrected chi connectivity index (χ1v) is 7.33. The van der Waals surface area contributed by atoms with Gasteiger partial charge in [-0.05, 0) is 54.3 Å². The van der Waals surface area contributed by atoms with Crippen LogP contribution in [0, 0.1) is 5.92 Å². The highest BCUT2D eigenvalue weighted by molar-refractivity contribution is 5.31. The summed E-state index contributed by atoms with van der Waals surface area (Å²) in [5.74, 6) is 1.64. The number of rotatable bonds is 4. The largest absolute Gasteiger partial charge is 0.317 e. The molecule has 0 aliphatic heterocycles. The molecule has 0 bridgehead atoms. The maximum Gasteiger partial charge on any atom is -0.00148 e. The number of hydrogen-bond acceptors (Lipinski definition) is 1. The van der Waals surface area contributed by atoms with Crippen LogP contribution in [-0.4, -0.2) is 13.1 Å². The van der Waals surface area contributed by atoms with E-state index in [4.69, 9.17) is 0 Å². The van der Waals surface area contributed by atoms with Gasteiger partial charge in [0.2, 0.25) is 0 Å². The van der Waals surface area contributed by atoms with Crippen molar-refractivity contribution in [3.8, 4) is 0 Å². The Kier molecular flexibility index (Phi) is 4.11. The lowest BCUT2D eigenvalue weighted by atomic mass is 9.69. The van der Waals surface area contributed by atoms with Gasteiger partial charge in [0.05, 0.1) is 0 Å². The lowest BCUT2D eigenvalue weighted by molar-refractivity contribution is 0.247. The van der Waals surface area contributed by atoms with E-state index in [1.807, 2.05) is 0 Å². The predicted octanol–water partition coefficient (Wildman–Crippen LogP) is 4.09. The van der Waals surface area contributed by atoms with Crippen molar-refractivity contribution in [1.29, 1.82) is 0 Å². The molecule has 2 rings (SSSR count). The Bertz CT molecular complexity index is 372. The van der Waals surface area contributed by atoms with Gasteiger partial charge >= 0.3 is 0 Å². The molecular weight excluding hydrogens is 218 g/mol. The summed E-state index contributed by atoms with van der Waals surface area (Å²) in [6, 6.07) is 9.34. The molecular formula is C17H27N. The predicted molar refractivity (Wildman–Crippen MR) is 79.2 cm³/mol. The Balaban J connectivity index is 2.02. The Morgan fingerprint density at radius 1 is 1.11 bits per heavy atom. The van der Waals surface area contributed by atoms with Crippen molar-refractivity contribution in [3.63, 3.8) is 0 Å². The molecule has 1 aliphatic carbocycles. The fraction of sp³-hybridized carbons (Fsp3) is 0.647. The van der Waals surface area contributed by atoms with Crippen molar-refractivity contribution < 1.29 is 0 Å². The minimum atomic E-state index is 0.265. The standard InChI is InChI=1S/C17H27N/c1-5-18-12-14-8-11-16(14)13-6-9-15(10-7-13)17(2,3)4/h6-7,9-10,14,16,18H,5,8,11-12H2,1-4H3. The Hall–Kier alpha value is -0.820. The van der Waals surface area contributed by atoms with Gasteiger partial charge in [0.25, 0.3) is 0 Å². The summed E-state index contributed by atoms with van der Waals surface area (Å²) in [6.07, 6.45) is 2.75. The minimum Gasteiger partial charge on any atom is -0.317 e. The van der Waals surface area contributed by atoms with E-state index in [0.717, 1.165) is 18.4 Å². The lowest BCUT2D eigenvalue weighted by Gasteiger charge is -2.37. The zero-order chi connectivity index (χ0) is 13.2. The van der Waals surface area contributed by atoms with Gasteiger partial charge in [0, 0.05) is 0 Å². The third-order valence-corrected chi connectivity index (χ3v) is 4.28. The second-order valence-electron chi connectivity index (χ2n) is 6.62. The molecule has 100 valence electrons. The van der Waals surface area contributed by atoms with Crippen LogP contribution in [0.1, 0.15) is 57.6 Å². The molecule has 0 heterocycles. The molecule has 2 atom stereocenters. The zero-order valence-corrected chi connectivity index (χ0v) is 12.3. The van der Waals surface area contributed by atoms with Crippen LogP contribution < -0.4 is 5.32 Å². The average Bonchev–Trinajstić information content (AvgIpc) is 2.27. The molecule has 0 aromatic heterocycles. The van der Waals surface area contributed by atoms with Crippen molar-refractivity contribution in [2.75, 3.05) is 13.1 Å². The fourth-order valence-electron chi connectivity index (χ4n) is 2.81. The average molecular weight is 245 g/mol. The number of nitrogens with one attached hydrogen (secondary N) is 1. The van der Waals surface area contributed by atoms with Gasteiger partial charge < -0.3 is 5.32 Å². The molecule has 0 saturated heterocycles. The van der Waals surface area contributed by atoms with Crippen molar-refractivity contribution in [3.05, 3.63) is 35.4 Å². The smallest absolute Gasteiger partial charge is 0.00148 e. The first-order chi connectivity index (χ1) is 8.52. The topological polar surface area (TPSA) is 12.0 Å². The second kappa shape index (κ2) is 5.44. The summed E-state index contributed by atoms with van der Waals surface area (Å²) in [7, 11) is 0. The maximum atomic E-state index is 3.49. The van der Waals surface area contributed by atoms with Gasteiger partial charge in [-0.25, -0.2) is 0 Å². The molecule has 0 spiro atoms. The van der Waals surface area contributed by atoms with Gasteiger partial charge in [0.1, 0.15) is 0 Å². The van der Waals surface area contributed by atoms with E-state index in [1.54, 1.807) is 0 Å². The summed E-state index contributed by atoms with van der Waals surface area (Å²) in [4.78, 5) is 0. The highest BCUT2D eigenvalue weighted by Crippen LogP contribution is 2.42. The number of hydrogen-bond donors (Lipinski definition) is 1. The van der Waals surface area contributed by atoms with E-state index in [0.29, 0.717) is 0 Å². The summed E-state index contributed by atoms with van der Waals surface area (Å²) in [6.45, 7) is 11.3. The Morgan fingerprint density at radius 2 is 1.78 bits per heavy atom. The van der Waals surface area contributed by atoms with Crippen molar-refractivity contribution in [1.82, 2.24) is 5.32 Å². The van der Waals surface area contributed by atoms with Crippen LogP contribution in [0.2, 0.25) is 0 Å². The molecule has 1 nitrogen and oxygen atoms in total. The molecule has 18 heavy (non-hydrogen) atoms. The van der Waals surface area contributed by atoms with Crippen molar-refractivity contribution in [2.45, 2.75) is 51.9 Å². The monoisotopic (exact) mass is 245 g/mol. The van der Waals surface area contributed by atoms with E-state index in [2.05, 4.69) is 57.3 Å². The molecule has 0 amide bonds. The first-order valence-electron chi connectivity index (χ1n) is 7.33. The zero-order valence-electron chi connectivity index (χ0n) is 12.3. The van der Waals surface area contributed by atoms with Crippen molar-refractivity contribution in [2.24, 2.45) is 5.92 Å². The van der Waals surface area contributed by atoms with Crippen LogP contribution in [0.15, 0.2) is 24.3 Å². The van der Waals surface area contributed by atoms with Gasteiger partial charge in [-0.2, -0.15) is 0 Å². The van der Waals surface area contributed by atoms with E-state index in [9.17, 15) is 0 Å². The van der Waals surface area contributed by atoms with Crippen LogP contribution >= 0.6 is 0 Å². The van der Waals surface area contributed by atoms with Crippen molar-refractivity contribution >= 4 is 0 Å². The maximum absolute atomic E-state index is 3.49. The third-order valence-electron chi connectivity index (χ3n) is 4.28. The molecule has 1 aromatic carbocycles. The SMILES string of the molecule is CCNCC1CCC1c1ccc(C(C)(C)C)cc1. The van der Waals surface area contributed by atoms with Crippen LogP contribution in [-0.2, 0) is 5.41 Å². The highest BCUT2D eigenvalue weighted by Gasteiger charge is 2.31. The van der Waals surface area contributed by atoms with Crippen LogP contribution in [0.5, 0.6) is 0 Å². The normalized spacial score (nSPS) is 23.8. The highest BCUT2D eigenvalue weighted by atomic mass is 14.9. The molecule has 1 fully saturated rings. The van der Waals surface area contributed by atoms with Gasteiger partial charge in [0.15, 0.2) is 0 Å². The van der Waals surface area contributed by atoms with E-state index in [-0.39, 0.29) is 5.41 Å². The van der Waals surface area contributed by atoms with E-state index in [1.165, 1.54) is 30.5 Å². The molecule has 1 saturated carbocycles. The van der Waals surface area contributed by atoms with Gasteiger partial charge in [-0.15, -0.1) is 0 Å². The molecule has 2 unspecified atom stereocenters. The summed E-state index contributed by atoms with van der Waals surface area (Å²) >= 11 is 0. The molecule has 1 aliphatic rings. The van der Waals surface area contributed by atoms with Crippen LogP contribution in [0.25, 0.3) is 0 Å². The molecule has 1 N–H and O–H groups in total. The number of benzene rings is 1. The minimum absolute atomic E-state index is 0.265. The lowest BCUT2D eigenvalue weighted by Crippen LogP contribution is -2.33. The Labute approximate surface area is 112 Å². The van der Waals surface area contributed by atoms with Gasteiger partial charge in [-0.1, -0.05) is 52.0 Å². The molecule has 1 aromatic rings. The first kappa shape index (κ1) is 13.6. The summed E-state index contributed by atoms with van der Waals surface area (Å²) in [5, 5.41) is 3.49. The Morgan fingerprint density at radius 3 is 2.22 bits per heavy atom. The van der Waals surface area contributed by atoms with Gasteiger partial charge in [-0.3, -0.25) is 0 Å². The summed E-state index contributed by atoms with van der Waals surface area (Å²) in [5.41, 5.74) is 3.24. The van der Waals surface area contributed by atoms with Crippen LogP contribution in [0.3, 0.4) is 0 Å². The third kappa shape index (κ3) is 2.95. The van der Waals surface area contributed by atoms with E-state index >= 15 is 0 Å². The quantitative estimate of drug-likeness (QED) is 0.842. The molecule has 1 heteroatoms. The molecule has 0 radical (unpaired) electrons.